The normalized spacial score (nSPS) is 11.1. The highest BCUT2D eigenvalue weighted by molar-refractivity contribution is 6.04. The molecule has 106 valence electrons. The van der Waals surface area contributed by atoms with E-state index in [-0.39, 0.29) is 11.5 Å². The maximum absolute atomic E-state index is 12.0. The van der Waals surface area contributed by atoms with E-state index in [0.717, 1.165) is 29.2 Å². The summed E-state index contributed by atoms with van der Waals surface area (Å²) in [6, 6.07) is 15.8. The first-order chi connectivity index (χ1) is 10.3. The highest BCUT2D eigenvalue weighted by Gasteiger charge is 2.09. The van der Waals surface area contributed by atoms with Crippen molar-refractivity contribution in [2.24, 2.45) is 0 Å². The second-order valence-electron chi connectivity index (χ2n) is 4.85. The van der Waals surface area contributed by atoms with E-state index in [1.54, 1.807) is 6.08 Å². The standard InChI is InChI=1S/C18H18N2O/c1-2-3-11-20-18(21)16(13-19)12-15-9-6-8-14-7-4-5-10-17(14)15/h4-10,12H,2-3,11H2,1H3,(H,20,21)/b16-12+. The number of rotatable bonds is 5. The van der Waals surface area contributed by atoms with Crippen molar-refractivity contribution >= 4 is 22.8 Å². The zero-order chi connectivity index (χ0) is 15.1. The average Bonchev–Trinajstić information content (AvgIpc) is 2.52. The van der Waals surface area contributed by atoms with Crippen LogP contribution in [0.4, 0.5) is 0 Å². The molecule has 0 aliphatic carbocycles. The van der Waals surface area contributed by atoms with Crippen LogP contribution in [0.5, 0.6) is 0 Å². The molecule has 0 spiro atoms. The molecule has 0 bridgehead atoms. The first kappa shape index (κ1) is 14.8. The zero-order valence-electron chi connectivity index (χ0n) is 12.1. The minimum atomic E-state index is -0.307. The predicted molar refractivity (Wildman–Crippen MR) is 85.5 cm³/mol. The van der Waals surface area contributed by atoms with E-state index >= 15 is 0 Å². The second-order valence-corrected chi connectivity index (χ2v) is 4.85. The van der Waals surface area contributed by atoms with Gasteiger partial charge in [-0.3, -0.25) is 4.79 Å². The molecule has 2 aromatic rings. The van der Waals surface area contributed by atoms with E-state index in [1.807, 2.05) is 48.5 Å². The lowest BCUT2D eigenvalue weighted by Gasteiger charge is -2.05. The average molecular weight is 278 g/mol. The summed E-state index contributed by atoms with van der Waals surface area (Å²) in [4.78, 5) is 12.0. The third-order valence-corrected chi connectivity index (χ3v) is 3.30. The van der Waals surface area contributed by atoms with Crippen LogP contribution in [0.3, 0.4) is 0 Å². The van der Waals surface area contributed by atoms with Gasteiger partial charge in [0.15, 0.2) is 0 Å². The number of benzene rings is 2. The maximum Gasteiger partial charge on any atom is 0.261 e. The minimum absolute atomic E-state index is 0.141. The van der Waals surface area contributed by atoms with Crippen LogP contribution in [0.15, 0.2) is 48.0 Å². The van der Waals surface area contributed by atoms with Gasteiger partial charge in [-0.1, -0.05) is 55.8 Å². The molecule has 1 N–H and O–H groups in total. The molecular formula is C18H18N2O. The monoisotopic (exact) mass is 278 g/mol. The lowest BCUT2D eigenvalue weighted by Crippen LogP contribution is -2.25. The number of nitriles is 1. The smallest absolute Gasteiger partial charge is 0.261 e. The number of hydrogen-bond donors (Lipinski definition) is 1. The lowest BCUT2D eigenvalue weighted by atomic mass is 10.0. The van der Waals surface area contributed by atoms with Crippen molar-refractivity contribution < 1.29 is 4.79 Å². The molecule has 0 radical (unpaired) electrons. The first-order valence-corrected chi connectivity index (χ1v) is 7.14. The molecule has 0 aliphatic rings. The lowest BCUT2D eigenvalue weighted by molar-refractivity contribution is -0.117. The van der Waals surface area contributed by atoms with Crippen molar-refractivity contribution in [2.75, 3.05) is 6.54 Å². The van der Waals surface area contributed by atoms with Crippen LogP contribution in [0.1, 0.15) is 25.3 Å². The van der Waals surface area contributed by atoms with Crippen LogP contribution in [-0.4, -0.2) is 12.5 Å². The van der Waals surface area contributed by atoms with Gasteiger partial charge in [-0.15, -0.1) is 0 Å². The summed E-state index contributed by atoms with van der Waals surface area (Å²) in [5.74, 6) is -0.307. The van der Waals surface area contributed by atoms with Gasteiger partial charge in [0.1, 0.15) is 11.6 Å². The third kappa shape index (κ3) is 3.70. The Morgan fingerprint density at radius 2 is 2.00 bits per heavy atom. The molecule has 21 heavy (non-hydrogen) atoms. The highest BCUT2D eigenvalue weighted by atomic mass is 16.1. The van der Waals surface area contributed by atoms with Crippen LogP contribution < -0.4 is 5.32 Å². The quantitative estimate of drug-likeness (QED) is 0.515. The summed E-state index contributed by atoms with van der Waals surface area (Å²) >= 11 is 0. The molecule has 0 fully saturated rings. The van der Waals surface area contributed by atoms with Gasteiger partial charge in [0.25, 0.3) is 5.91 Å². The number of nitrogens with one attached hydrogen (secondary N) is 1. The van der Waals surface area contributed by atoms with Gasteiger partial charge >= 0.3 is 0 Å². The molecule has 1 amide bonds. The van der Waals surface area contributed by atoms with E-state index < -0.39 is 0 Å². The molecule has 0 unspecified atom stereocenters. The largest absolute Gasteiger partial charge is 0.351 e. The van der Waals surface area contributed by atoms with Gasteiger partial charge in [0.05, 0.1) is 0 Å². The summed E-state index contributed by atoms with van der Waals surface area (Å²) in [6.07, 6.45) is 3.58. The number of carbonyl (C=O) groups is 1. The van der Waals surface area contributed by atoms with Gasteiger partial charge in [0.2, 0.25) is 0 Å². The van der Waals surface area contributed by atoms with Crippen LogP contribution >= 0.6 is 0 Å². The predicted octanol–water partition coefficient (Wildman–Crippen LogP) is 3.66. The van der Waals surface area contributed by atoms with E-state index in [4.69, 9.17) is 0 Å². The summed E-state index contributed by atoms with van der Waals surface area (Å²) in [5, 5.41) is 14.1. The molecule has 0 saturated carbocycles. The third-order valence-electron chi connectivity index (χ3n) is 3.30. The van der Waals surface area contributed by atoms with Crippen LogP contribution in [0.2, 0.25) is 0 Å². The van der Waals surface area contributed by atoms with Crippen LogP contribution in [0, 0.1) is 11.3 Å². The van der Waals surface area contributed by atoms with Crippen molar-refractivity contribution in [3.8, 4) is 6.07 Å². The summed E-state index contributed by atoms with van der Waals surface area (Å²) in [5.41, 5.74) is 1.03. The summed E-state index contributed by atoms with van der Waals surface area (Å²) in [7, 11) is 0. The number of nitrogens with zero attached hydrogens (tertiary/aromatic N) is 1. The molecule has 0 saturated heterocycles. The Morgan fingerprint density at radius 3 is 2.76 bits per heavy atom. The summed E-state index contributed by atoms with van der Waals surface area (Å²) < 4.78 is 0. The van der Waals surface area contributed by atoms with Gasteiger partial charge in [-0.2, -0.15) is 5.26 Å². The SMILES string of the molecule is CCCCNC(=O)/C(C#N)=C/c1cccc2ccccc12. The molecule has 0 heterocycles. The highest BCUT2D eigenvalue weighted by Crippen LogP contribution is 2.20. The van der Waals surface area contributed by atoms with Crippen LogP contribution in [-0.2, 0) is 4.79 Å². The molecule has 2 rings (SSSR count). The Kier molecular flexibility index (Phi) is 5.11. The van der Waals surface area contributed by atoms with Crippen molar-refractivity contribution in [2.45, 2.75) is 19.8 Å². The number of amides is 1. The number of unbranched alkanes of at least 4 members (excludes halogenated alkanes) is 1. The molecule has 0 aromatic heterocycles. The molecule has 3 nitrogen and oxygen atoms in total. The molecular weight excluding hydrogens is 260 g/mol. The second kappa shape index (κ2) is 7.25. The van der Waals surface area contributed by atoms with Crippen molar-refractivity contribution in [3.63, 3.8) is 0 Å². The van der Waals surface area contributed by atoms with Gasteiger partial charge in [-0.05, 0) is 28.8 Å². The van der Waals surface area contributed by atoms with Gasteiger partial charge in [0, 0.05) is 6.54 Å². The Morgan fingerprint density at radius 1 is 1.24 bits per heavy atom. The molecule has 0 aliphatic heterocycles. The molecule has 0 atom stereocenters. The fourth-order valence-corrected chi connectivity index (χ4v) is 2.15. The topological polar surface area (TPSA) is 52.9 Å². The Bertz CT molecular complexity index is 705. The molecule has 3 heteroatoms. The van der Waals surface area contributed by atoms with Crippen molar-refractivity contribution in [3.05, 3.63) is 53.6 Å². The number of hydrogen-bond acceptors (Lipinski definition) is 2. The van der Waals surface area contributed by atoms with Gasteiger partial charge in [-0.25, -0.2) is 0 Å². The van der Waals surface area contributed by atoms with E-state index in [9.17, 15) is 10.1 Å². The minimum Gasteiger partial charge on any atom is -0.351 e. The van der Waals surface area contributed by atoms with Crippen LogP contribution in [0.25, 0.3) is 16.8 Å². The summed E-state index contributed by atoms with van der Waals surface area (Å²) in [6.45, 7) is 2.66. The van der Waals surface area contributed by atoms with Gasteiger partial charge < -0.3 is 5.32 Å². The van der Waals surface area contributed by atoms with Crippen molar-refractivity contribution in [1.82, 2.24) is 5.32 Å². The fourth-order valence-electron chi connectivity index (χ4n) is 2.15. The zero-order valence-corrected chi connectivity index (χ0v) is 12.1. The number of fused-ring (bicyclic) bond motifs is 1. The Hall–Kier alpha value is -2.60. The van der Waals surface area contributed by atoms with E-state index in [1.165, 1.54) is 0 Å². The number of carbonyl (C=O) groups excluding carboxylic acids is 1. The van der Waals surface area contributed by atoms with E-state index in [2.05, 4.69) is 12.2 Å². The maximum atomic E-state index is 12.0. The molecule has 2 aromatic carbocycles. The first-order valence-electron chi connectivity index (χ1n) is 7.14. The Labute approximate surface area is 124 Å². The Balaban J connectivity index is 2.30. The fraction of sp³-hybridized carbons (Fsp3) is 0.222. The van der Waals surface area contributed by atoms with Crippen molar-refractivity contribution in [1.29, 1.82) is 5.26 Å². The van der Waals surface area contributed by atoms with E-state index in [0.29, 0.717) is 6.54 Å².